The second-order valence-electron chi connectivity index (χ2n) is 2.26. The first kappa shape index (κ1) is 7.76. The van der Waals surface area contributed by atoms with E-state index >= 15 is 0 Å². The number of aliphatic hydroxyl groups excluding tert-OH is 1. The first-order chi connectivity index (χ1) is 3.27. The summed E-state index contributed by atoms with van der Waals surface area (Å²) < 4.78 is 1.36. The maximum atomic E-state index is 8.35. The van der Waals surface area contributed by atoms with Crippen LogP contribution in [0.5, 0.6) is 0 Å². The van der Waals surface area contributed by atoms with Crippen LogP contribution in [0.3, 0.4) is 0 Å². The average Bonchev–Trinajstić information content (AvgIpc) is 1.61. The van der Waals surface area contributed by atoms with Gasteiger partial charge in [0.2, 0.25) is 0 Å². The van der Waals surface area contributed by atoms with Gasteiger partial charge in [-0.25, -0.2) is 0 Å². The third-order valence-electron chi connectivity index (χ3n) is 0.940. The predicted molar refractivity (Wildman–Crippen MR) is 35.4 cm³/mol. The van der Waals surface area contributed by atoms with Crippen molar-refractivity contribution in [3.8, 4) is 0 Å². The molecule has 0 radical (unpaired) electrons. The van der Waals surface area contributed by atoms with Crippen LogP contribution in [0.25, 0.3) is 0 Å². The van der Waals surface area contributed by atoms with Crippen molar-refractivity contribution < 1.29 is 5.11 Å². The van der Waals surface area contributed by atoms with Crippen molar-refractivity contribution in [2.24, 2.45) is 0 Å². The van der Waals surface area contributed by atoms with E-state index in [0.717, 1.165) is 6.42 Å². The Morgan fingerprint density at radius 3 is 2.14 bits per heavy atom. The first-order valence-corrected chi connectivity index (χ1v) is 11.8. The molecule has 44 valence electrons. The van der Waals surface area contributed by atoms with Crippen molar-refractivity contribution in [1.29, 1.82) is 0 Å². The van der Waals surface area contributed by atoms with Gasteiger partial charge in [-0.3, -0.25) is 0 Å². The summed E-state index contributed by atoms with van der Waals surface area (Å²) in [4.78, 5) is 4.74. The Hall–Kier alpha value is 0.759. The molecule has 0 fully saturated rings. The van der Waals surface area contributed by atoms with Crippen LogP contribution < -0.4 is 0 Å². The summed E-state index contributed by atoms with van der Waals surface area (Å²) in [5.74, 6) is 0. The van der Waals surface area contributed by atoms with Gasteiger partial charge in [-0.1, -0.05) is 0 Å². The quantitative estimate of drug-likeness (QED) is 0.683. The molecule has 1 nitrogen and oxygen atoms in total. The van der Waals surface area contributed by atoms with E-state index in [1.165, 1.54) is 4.44 Å². The van der Waals surface area contributed by atoms with Crippen molar-refractivity contribution >= 4 is 19.8 Å². The molecule has 2 heteroatoms. The minimum absolute atomic E-state index is 0.398. The van der Waals surface area contributed by atoms with Crippen LogP contribution in [0.4, 0.5) is 0 Å². The minimum atomic E-state index is -0.907. The fourth-order valence-electron chi connectivity index (χ4n) is 0.500. The number of hydrogen-bond acceptors (Lipinski definition) is 1. The van der Waals surface area contributed by atoms with Crippen LogP contribution in [0.15, 0.2) is 0 Å². The summed E-state index contributed by atoms with van der Waals surface area (Å²) in [5.41, 5.74) is 0. The summed E-state index contributed by atoms with van der Waals surface area (Å²) in [6.07, 6.45) is 1.05. The number of aliphatic hydroxyl groups is 1. The Morgan fingerprint density at radius 2 is 2.00 bits per heavy atom. The zero-order valence-electron chi connectivity index (χ0n) is 5.15. The fourth-order valence-corrected chi connectivity index (χ4v) is 3.35. The van der Waals surface area contributed by atoms with Crippen molar-refractivity contribution in [3.63, 3.8) is 0 Å². The first-order valence-electron chi connectivity index (χ1n) is 2.88. The van der Waals surface area contributed by atoms with Gasteiger partial charge in [0.1, 0.15) is 0 Å². The standard InChI is InChI=1S/C3H7O.2CH3.Sn.H/c1-2-3-4;;;;/h4H,1-3H2;2*1H3;;. The molecular weight excluding hydrogens is 195 g/mol. The Kier molecular flexibility index (Phi) is 5.44. The molecule has 0 bridgehead atoms. The molecular formula is C5H14OSn. The number of rotatable bonds is 3. The zero-order valence-corrected chi connectivity index (χ0v) is 8.44. The molecule has 0 amide bonds. The Labute approximate surface area is 52.5 Å². The molecule has 7 heavy (non-hydrogen) atoms. The molecule has 0 saturated heterocycles. The summed E-state index contributed by atoms with van der Waals surface area (Å²) >= 11 is -0.907. The Bertz CT molecular complexity index is 37.1. The van der Waals surface area contributed by atoms with Crippen molar-refractivity contribution in [3.05, 3.63) is 0 Å². The second-order valence-corrected chi connectivity index (χ2v) is 11.9. The van der Waals surface area contributed by atoms with E-state index in [0.29, 0.717) is 6.61 Å². The molecule has 0 aromatic heterocycles. The molecule has 0 heterocycles. The van der Waals surface area contributed by atoms with E-state index in [1.807, 2.05) is 0 Å². The average molecular weight is 209 g/mol. The van der Waals surface area contributed by atoms with Gasteiger partial charge in [0.25, 0.3) is 0 Å². The second kappa shape index (κ2) is 4.91. The summed E-state index contributed by atoms with van der Waals surface area (Å²) in [6, 6.07) is 0. The monoisotopic (exact) mass is 210 g/mol. The Morgan fingerprint density at radius 1 is 1.43 bits per heavy atom. The van der Waals surface area contributed by atoms with Crippen LogP contribution in [0.2, 0.25) is 14.3 Å². The van der Waals surface area contributed by atoms with E-state index in [1.54, 1.807) is 0 Å². The fraction of sp³-hybridized carbons (Fsp3) is 1.00. The molecule has 0 aromatic carbocycles. The summed E-state index contributed by atoms with van der Waals surface area (Å²) in [7, 11) is 0. The van der Waals surface area contributed by atoms with Crippen molar-refractivity contribution in [2.45, 2.75) is 20.7 Å². The predicted octanol–water partition coefficient (Wildman–Crippen LogP) is 0.855. The van der Waals surface area contributed by atoms with Gasteiger partial charge in [-0.2, -0.15) is 0 Å². The van der Waals surface area contributed by atoms with Gasteiger partial charge in [0, 0.05) is 0 Å². The van der Waals surface area contributed by atoms with Gasteiger partial charge >= 0.3 is 52.2 Å². The molecule has 0 saturated carbocycles. The van der Waals surface area contributed by atoms with Crippen LogP contribution in [0.1, 0.15) is 6.42 Å². The summed E-state index contributed by atoms with van der Waals surface area (Å²) in [5, 5.41) is 8.35. The van der Waals surface area contributed by atoms with Gasteiger partial charge in [-0.15, -0.1) is 0 Å². The molecule has 0 spiro atoms. The molecule has 0 aliphatic carbocycles. The topological polar surface area (TPSA) is 20.2 Å². The maximum absolute atomic E-state index is 8.35. The van der Waals surface area contributed by atoms with E-state index in [4.69, 9.17) is 5.11 Å². The van der Waals surface area contributed by atoms with E-state index < -0.39 is 19.8 Å². The van der Waals surface area contributed by atoms with Gasteiger partial charge in [0.05, 0.1) is 0 Å². The third-order valence-corrected chi connectivity index (χ3v) is 5.40. The Balaban J connectivity index is 2.68. The molecule has 0 atom stereocenters. The SMILES string of the molecule is [CH3][SnH]([CH3])[CH2]CCO. The molecule has 0 rings (SSSR count). The van der Waals surface area contributed by atoms with Crippen LogP contribution >= 0.6 is 0 Å². The van der Waals surface area contributed by atoms with E-state index in [2.05, 4.69) is 9.88 Å². The van der Waals surface area contributed by atoms with Gasteiger partial charge in [0.15, 0.2) is 0 Å². The van der Waals surface area contributed by atoms with E-state index in [-0.39, 0.29) is 0 Å². The van der Waals surface area contributed by atoms with Crippen LogP contribution in [-0.4, -0.2) is 31.5 Å². The summed E-state index contributed by atoms with van der Waals surface area (Å²) in [6.45, 7) is 0.398. The molecule has 1 N–H and O–H groups in total. The van der Waals surface area contributed by atoms with Gasteiger partial charge < -0.3 is 0 Å². The molecule has 0 aromatic rings. The van der Waals surface area contributed by atoms with Crippen LogP contribution in [-0.2, 0) is 0 Å². The van der Waals surface area contributed by atoms with Crippen LogP contribution in [0, 0.1) is 0 Å². The number of hydrogen-bond donors (Lipinski definition) is 1. The zero-order chi connectivity index (χ0) is 5.70. The van der Waals surface area contributed by atoms with Gasteiger partial charge in [-0.05, 0) is 0 Å². The molecule has 0 aliphatic rings. The van der Waals surface area contributed by atoms with Crippen molar-refractivity contribution in [1.82, 2.24) is 0 Å². The van der Waals surface area contributed by atoms with E-state index in [9.17, 15) is 0 Å². The third kappa shape index (κ3) is 6.76. The molecule has 0 aliphatic heterocycles. The normalized spacial score (nSPS) is 10.3. The molecule has 0 unspecified atom stereocenters. The van der Waals surface area contributed by atoms with Crippen molar-refractivity contribution in [2.75, 3.05) is 6.61 Å².